The highest BCUT2D eigenvalue weighted by Crippen LogP contribution is 2.33. The van der Waals surface area contributed by atoms with Crippen molar-refractivity contribution in [2.24, 2.45) is 0 Å². The van der Waals surface area contributed by atoms with E-state index in [1.807, 2.05) is 0 Å². The predicted octanol–water partition coefficient (Wildman–Crippen LogP) is 3.92. The zero-order valence-electron chi connectivity index (χ0n) is 13.9. The minimum absolute atomic E-state index is 0.291. The number of anilines is 2. The van der Waals surface area contributed by atoms with Gasteiger partial charge in [-0.05, 0) is 43.3 Å². The van der Waals surface area contributed by atoms with Gasteiger partial charge < -0.3 is 20.1 Å². The van der Waals surface area contributed by atoms with Gasteiger partial charge in [0.2, 0.25) is 5.91 Å². The fourth-order valence-electron chi connectivity index (χ4n) is 2.44. The molecule has 0 saturated carbocycles. The summed E-state index contributed by atoms with van der Waals surface area (Å²) in [6.45, 7) is 2.60. The smallest absolute Gasteiger partial charge is 0.416 e. The Kier molecular flexibility index (Phi) is 4.92. The highest BCUT2D eigenvalue weighted by atomic mass is 19.4. The second-order valence-corrected chi connectivity index (χ2v) is 5.79. The van der Waals surface area contributed by atoms with Gasteiger partial charge in [-0.1, -0.05) is 0 Å². The van der Waals surface area contributed by atoms with Gasteiger partial charge in [0.05, 0.1) is 5.56 Å². The molecule has 1 aliphatic rings. The van der Waals surface area contributed by atoms with E-state index < -0.39 is 17.8 Å². The summed E-state index contributed by atoms with van der Waals surface area (Å²) in [6.07, 6.45) is -4.41. The molecule has 5 nitrogen and oxygen atoms in total. The van der Waals surface area contributed by atoms with Gasteiger partial charge in [0, 0.05) is 17.4 Å². The van der Waals surface area contributed by atoms with Crippen molar-refractivity contribution < 1.29 is 27.4 Å². The van der Waals surface area contributed by atoms with Gasteiger partial charge >= 0.3 is 6.18 Å². The zero-order valence-corrected chi connectivity index (χ0v) is 13.9. The highest BCUT2D eigenvalue weighted by molar-refractivity contribution is 5.96. The largest absolute Gasteiger partial charge is 0.486 e. The van der Waals surface area contributed by atoms with Crippen LogP contribution in [0.4, 0.5) is 24.5 Å². The third-order valence-corrected chi connectivity index (χ3v) is 3.80. The van der Waals surface area contributed by atoms with E-state index in [4.69, 9.17) is 9.47 Å². The van der Waals surface area contributed by atoms with Crippen molar-refractivity contribution in [3.63, 3.8) is 0 Å². The van der Waals surface area contributed by atoms with Gasteiger partial charge in [-0.25, -0.2) is 0 Å². The van der Waals surface area contributed by atoms with E-state index in [0.717, 1.165) is 12.1 Å². The molecule has 1 atom stereocenters. The number of carbonyl (C=O) groups is 1. The highest BCUT2D eigenvalue weighted by Gasteiger charge is 2.30. The first-order valence-corrected chi connectivity index (χ1v) is 7.97. The molecule has 1 aliphatic heterocycles. The molecule has 2 aromatic rings. The summed E-state index contributed by atoms with van der Waals surface area (Å²) in [5.41, 5.74) is 0.195. The van der Waals surface area contributed by atoms with Crippen LogP contribution >= 0.6 is 0 Å². The molecular formula is C18H17F3N2O3. The van der Waals surface area contributed by atoms with Crippen LogP contribution in [0.15, 0.2) is 42.5 Å². The third kappa shape index (κ3) is 4.19. The molecule has 0 aromatic heterocycles. The Hall–Kier alpha value is -2.90. The molecule has 8 heteroatoms. The van der Waals surface area contributed by atoms with Gasteiger partial charge in [-0.2, -0.15) is 13.2 Å². The zero-order chi connectivity index (χ0) is 18.7. The van der Waals surface area contributed by atoms with E-state index in [0.29, 0.717) is 36.1 Å². The van der Waals surface area contributed by atoms with E-state index in [1.54, 1.807) is 25.1 Å². The molecule has 1 amide bonds. The molecule has 0 radical (unpaired) electrons. The lowest BCUT2D eigenvalue weighted by atomic mass is 10.2. The summed E-state index contributed by atoms with van der Waals surface area (Å²) in [5, 5.41) is 5.60. The molecule has 0 fully saturated rings. The number of benzene rings is 2. The molecule has 3 rings (SSSR count). The van der Waals surface area contributed by atoms with E-state index in [-0.39, 0.29) is 5.91 Å². The minimum Gasteiger partial charge on any atom is -0.486 e. The van der Waals surface area contributed by atoms with Gasteiger partial charge in [-0.15, -0.1) is 0 Å². The molecule has 0 aliphatic carbocycles. The number of carbonyl (C=O) groups excluding carboxylic acids is 1. The number of rotatable bonds is 4. The standard InChI is InChI=1S/C18H17F3N2O3/c1-11(22-14-6-7-15-16(10-14)26-9-8-25-15)17(24)23-13-4-2-12(3-5-13)18(19,20)21/h2-7,10-11,22H,8-9H2,1H3,(H,23,24). The maximum Gasteiger partial charge on any atom is 0.416 e. The number of fused-ring (bicyclic) bond motifs is 1. The fraction of sp³-hybridized carbons (Fsp3) is 0.278. The summed E-state index contributed by atoms with van der Waals surface area (Å²) in [7, 11) is 0. The Labute approximate surface area is 148 Å². The Balaban J connectivity index is 1.61. The van der Waals surface area contributed by atoms with Crippen LogP contribution in [-0.4, -0.2) is 25.2 Å². The van der Waals surface area contributed by atoms with Gasteiger partial charge in [0.15, 0.2) is 11.5 Å². The average molecular weight is 366 g/mol. The minimum atomic E-state index is -4.41. The fourth-order valence-corrected chi connectivity index (χ4v) is 2.44. The number of hydrogen-bond donors (Lipinski definition) is 2. The van der Waals surface area contributed by atoms with Crippen molar-refractivity contribution in [3.8, 4) is 11.5 Å². The van der Waals surface area contributed by atoms with Crippen LogP contribution in [0, 0.1) is 0 Å². The number of alkyl halides is 3. The molecule has 26 heavy (non-hydrogen) atoms. The van der Waals surface area contributed by atoms with Crippen LogP contribution in [0.1, 0.15) is 12.5 Å². The van der Waals surface area contributed by atoms with Gasteiger partial charge in [0.1, 0.15) is 19.3 Å². The van der Waals surface area contributed by atoms with Gasteiger partial charge in [0.25, 0.3) is 0 Å². The monoisotopic (exact) mass is 366 g/mol. The molecule has 0 saturated heterocycles. The number of amides is 1. The van der Waals surface area contributed by atoms with Crippen LogP contribution in [-0.2, 0) is 11.0 Å². The molecule has 1 heterocycles. The second kappa shape index (κ2) is 7.15. The Morgan fingerprint density at radius 3 is 2.27 bits per heavy atom. The van der Waals surface area contributed by atoms with Crippen LogP contribution in [0.5, 0.6) is 11.5 Å². The van der Waals surface area contributed by atoms with E-state index >= 15 is 0 Å². The SMILES string of the molecule is CC(Nc1ccc2c(c1)OCCO2)C(=O)Nc1ccc(C(F)(F)F)cc1. The van der Waals surface area contributed by atoms with E-state index in [9.17, 15) is 18.0 Å². The summed E-state index contributed by atoms with van der Waals surface area (Å²) in [4.78, 5) is 12.2. The van der Waals surface area contributed by atoms with Crippen LogP contribution < -0.4 is 20.1 Å². The van der Waals surface area contributed by atoms with Crippen molar-refractivity contribution in [2.75, 3.05) is 23.8 Å². The Bertz CT molecular complexity index is 791. The molecule has 0 bridgehead atoms. The first-order valence-electron chi connectivity index (χ1n) is 7.97. The lowest BCUT2D eigenvalue weighted by molar-refractivity contribution is -0.137. The quantitative estimate of drug-likeness (QED) is 0.861. The first kappa shape index (κ1) is 17.9. The van der Waals surface area contributed by atoms with Crippen LogP contribution in [0.3, 0.4) is 0 Å². The first-order chi connectivity index (χ1) is 12.3. The van der Waals surface area contributed by atoms with Gasteiger partial charge in [-0.3, -0.25) is 4.79 Å². The van der Waals surface area contributed by atoms with E-state index in [2.05, 4.69) is 10.6 Å². The maximum atomic E-state index is 12.6. The molecule has 0 spiro atoms. The molecule has 2 N–H and O–H groups in total. The van der Waals surface area contributed by atoms with Crippen LogP contribution in [0.2, 0.25) is 0 Å². The van der Waals surface area contributed by atoms with Crippen molar-refractivity contribution in [2.45, 2.75) is 19.1 Å². The number of hydrogen-bond acceptors (Lipinski definition) is 4. The second-order valence-electron chi connectivity index (χ2n) is 5.79. The average Bonchev–Trinajstić information content (AvgIpc) is 2.61. The number of halogens is 3. The maximum absolute atomic E-state index is 12.6. The Morgan fingerprint density at radius 1 is 1.00 bits per heavy atom. The molecule has 138 valence electrons. The normalized spacial score (nSPS) is 14.5. The Morgan fingerprint density at radius 2 is 1.62 bits per heavy atom. The summed E-state index contributed by atoms with van der Waals surface area (Å²) < 4.78 is 48.6. The van der Waals surface area contributed by atoms with Crippen molar-refractivity contribution in [3.05, 3.63) is 48.0 Å². The third-order valence-electron chi connectivity index (χ3n) is 3.80. The summed E-state index contributed by atoms with van der Waals surface area (Å²) in [5.74, 6) is 0.861. The topological polar surface area (TPSA) is 59.6 Å². The lowest BCUT2D eigenvalue weighted by Gasteiger charge is -2.20. The predicted molar refractivity (Wildman–Crippen MR) is 90.6 cm³/mol. The molecular weight excluding hydrogens is 349 g/mol. The van der Waals surface area contributed by atoms with Crippen molar-refractivity contribution in [1.82, 2.24) is 0 Å². The molecule has 2 aromatic carbocycles. The molecule has 1 unspecified atom stereocenters. The van der Waals surface area contributed by atoms with E-state index in [1.165, 1.54) is 12.1 Å². The van der Waals surface area contributed by atoms with Crippen LogP contribution in [0.25, 0.3) is 0 Å². The summed E-state index contributed by atoms with van der Waals surface area (Å²) >= 11 is 0. The van der Waals surface area contributed by atoms with Crippen molar-refractivity contribution >= 4 is 17.3 Å². The summed E-state index contributed by atoms with van der Waals surface area (Å²) in [6, 6.07) is 8.92. The number of nitrogens with one attached hydrogen (secondary N) is 2. The van der Waals surface area contributed by atoms with Crippen molar-refractivity contribution in [1.29, 1.82) is 0 Å². The number of ether oxygens (including phenoxy) is 2. The lowest BCUT2D eigenvalue weighted by Crippen LogP contribution is -2.31.